The number of fused-ring (bicyclic) bond motifs is 1. The molecular formula is C15H18N2O2S2. The van der Waals surface area contributed by atoms with Gasteiger partial charge in [-0.05, 0) is 43.2 Å². The Morgan fingerprint density at radius 1 is 1.57 bits per heavy atom. The lowest BCUT2D eigenvalue weighted by Gasteiger charge is -2.13. The highest BCUT2D eigenvalue weighted by molar-refractivity contribution is 8.00. The van der Waals surface area contributed by atoms with Gasteiger partial charge in [0.25, 0.3) is 0 Å². The lowest BCUT2D eigenvalue weighted by atomic mass is 10.2. The van der Waals surface area contributed by atoms with Gasteiger partial charge in [0.15, 0.2) is 5.16 Å². The number of rotatable bonds is 5. The Kier molecular flexibility index (Phi) is 4.45. The van der Waals surface area contributed by atoms with Crippen LogP contribution in [0.3, 0.4) is 0 Å². The van der Waals surface area contributed by atoms with Crippen molar-refractivity contribution in [3.8, 4) is 0 Å². The molecule has 1 aliphatic heterocycles. The monoisotopic (exact) mass is 322 g/mol. The molecule has 4 nitrogen and oxygen atoms in total. The maximum atomic E-state index is 10.8. The zero-order valence-corrected chi connectivity index (χ0v) is 13.5. The Balaban J connectivity index is 1.95. The van der Waals surface area contributed by atoms with E-state index in [2.05, 4.69) is 34.7 Å². The largest absolute Gasteiger partial charge is 0.481 e. The third-order valence-corrected chi connectivity index (χ3v) is 5.95. The fourth-order valence-electron chi connectivity index (χ4n) is 2.62. The number of aromatic nitrogens is 2. The SMILES string of the molecule is Cc1ccc2c(c1)nc(SCC(=O)O)n2CC1CCCS1. The van der Waals surface area contributed by atoms with Gasteiger partial charge < -0.3 is 9.67 Å². The third kappa shape index (κ3) is 3.37. The molecule has 0 radical (unpaired) electrons. The number of benzene rings is 1. The van der Waals surface area contributed by atoms with E-state index in [1.807, 2.05) is 11.8 Å². The Hall–Kier alpha value is -1.14. The number of aryl methyl sites for hydroxylation is 1. The van der Waals surface area contributed by atoms with Crippen molar-refractivity contribution in [1.29, 1.82) is 0 Å². The Bertz CT molecular complexity index is 663. The number of carboxylic acid groups (broad SMARTS) is 1. The summed E-state index contributed by atoms with van der Waals surface area (Å²) >= 11 is 3.32. The molecule has 1 N–H and O–H groups in total. The quantitative estimate of drug-likeness (QED) is 0.855. The molecule has 1 fully saturated rings. The Morgan fingerprint density at radius 3 is 3.14 bits per heavy atom. The first-order valence-corrected chi connectivity index (χ1v) is 9.10. The summed E-state index contributed by atoms with van der Waals surface area (Å²) in [6.07, 6.45) is 2.51. The molecule has 1 unspecified atom stereocenters. The van der Waals surface area contributed by atoms with E-state index in [9.17, 15) is 4.79 Å². The maximum absolute atomic E-state index is 10.8. The molecule has 0 spiro atoms. The van der Waals surface area contributed by atoms with Crippen LogP contribution in [0.2, 0.25) is 0 Å². The van der Waals surface area contributed by atoms with Crippen LogP contribution in [0.15, 0.2) is 23.4 Å². The number of hydrogen-bond donors (Lipinski definition) is 1. The lowest BCUT2D eigenvalue weighted by Crippen LogP contribution is -2.11. The van der Waals surface area contributed by atoms with E-state index in [1.165, 1.54) is 35.9 Å². The van der Waals surface area contributed by atoms with E-state index in [4.69, 9.17) is 5.11 Å². The van der Waals surface area contributed by atoms with Crippen LogP contribution >= 0.6 is 23.5 Å². The van der Waals surface area contributed by atoms with Crippen molar-refractivity contribution in [2.24, 2.45) is 0 Å². The summed E-state index contributed by atoms with van der Waals surface area (Å²) < 4.78 is 2.20. The lowest BCUT2D eigenvalue weighted by molar-refractivity contribution is -0.133. The average molecular weight is 322 g/mol. The first-order chi connectivity index (χ1) is 10.1. The van der Waals surface area contributed by atoms with Gasteiger partial charge >= 0.3 is 5.97 Å². The normalized spacial score (nSPS) is 18.4. The predicted octanol–water partition coefficient (Wildman–Crippen LogP) is 3.42. The molecule has 1 saturated heterocycles. The third-order valence-electron chi connectivity index (χ3n) is 3.60. The molecule has 0 amide bonds. The first-order valence-electron chi connectivity index (χ1n) is 7.06. The molecule has 0 saturated carbocycles. The van der Waals surface area contributed by atoms with E-state index in [0.29, 0.717) is 5.25 Å². The number of thioether (sulfide) groups is 2. The molecule has 2 aromatic rings. The van der Waals surface area contributed by atoms with Crippen LogP contribution in [0, 0.1) is 6.92 Å². The van der Waals surface area contributed by atoms with Gasteiger partial charge in [-0.3, -0.25) is 4.79 Å². The van der Waals surface area contributed by atoms with Crippen molar-refractivity contribution >= 4 is 40.5 Å². The molecule has 2 heterocycles. The molecule has 1 atom stereocenters. The van der Waals surface area contributed by atoms with Crippen molar-refractivity contribution in [3.63, 3.8) is 0 Å². The highest BCUT2D eigenvalue weighted by atomic mass is 32.2. The summed E-state index contributed by atoms with van der Waals surface area (Å²) in [4.78, 5) is 15.5. The van der Waals surface area contributed by atoms with E-state index < -0.39 is 5.97 Å². The van der Waals surface area contributed by atoms with Crippen molar-refractivity contribution < 1.29 is 9.90 Å². The molecule has 0 aliphatic carbocycles. The van der Waals surface area contributed by atoms with Gasteiger partial charge in [0.05, 0.1) is 16.8 Å². The number of imidazole rings is 1. The van der Waals surface area contributed by atoms with Gasteiger partial charge in [0, 0.05) is 11.8 Å². The van der Waals surface area contributed by atoms with Gasteiger partial charge in [-0.1, -0.05) is 17.8 Å². The fourth-order valence-corrected chi connectivity index (χ4v) is 4.62. The first kappa shape index (κ1) is 14.8. The topological polar surface area (TPSA) is 55.1 Å². The fraction of sp³-hybridized carbons (Fsp3) is 0.467. The summed E-state index contributed by atoms with van der Waals surface area (Å²) in [5, 5.41) is 10.3. The zero-order chi connectivity index (χ0) is 14.8. The molecule has 1 aliphatic rings. The number of carbonyl (C=O) groups is 1. The van der Waals surface area contributed by atoms with Crippen LogP contribution in [0.4, 0.5) is 0 Å². The van der Waals surface area contributed by atoms with Gasteiger partial charge in [-0.2, -0.15) is 11.8 Å². The molecule has 3 rings (SSSR count). The highest BCUT2D eigenvalue weighted by Gasteiger charge is 2.20. The second kappa shape index (κ2) is 6.32. The van der Waals surface area contributed by atoms with Crippen LogP contribution in [-0.2, 0) is 11.3 Å². The molecule has 6 heteroatoms. The average Bonchev–Trinajstić information content (AvgIpc) is 3.05. The van der Waals surface area contributed by atoms with E-state index in [0.717, 1.165) is 22.7 Å². The van der Waals surface area contributed by atoms with Crippen LogP contribution < -0.4 is 0 Å². The number of aliphatic carboxylic acids is 1. The van der Waals surface area contributed by atoms with Gasteiger partial charge in [-0.15, -0.1) is 0 Å². The number of hydrogen-bond acceptors (Lipinski definition) is 4. The summed E-state index contributed by atoms with van der Waals surface area (Å²) in [6.45, 7) is 2.97. The van der Waals surface area contributed by atoms with Gasteiger partial charge in [0.2, 0.25) is 0 Å². The molecule has 112 valence electrons. The molecular weight excluding hydrogens is 304 g/mol. The van der Waals surface area contributed by atoms with Crippen LogP contribution in [0.1, 0.15) is 18.4 Å². The van der Waals surface area contributed by atoms with Crippen molar-refractivity contribution in [2.75, 3.05) is 11.5 Å². The standard InChI is InChI=1S/C15H18N2O2S2/c1-10-4-5-13-12(7-10)16-15(21-9-14(18)19)17(13)8-11-3-2-6-20-11/h4-5,7,11H,2-3,6,8-9H2,1H3,(H,18,19). The van der Waals surface area contributed by atoms with Crippen molar-refractivity contribution in [2.45, 2.75) is 36.7 Å². The van der Waals surface area contributed by atoms with Crippen LogP contribution in [-0.4, -0.2) is 37.4 Å². The smallest absolute Gasteiger partial charge is 0.313 e. The highest BCUT2D eigenvalue weighted by Crippen LogP contribution is 2.31. The minimum absolute atomic E-state index is 0.0557. The molecule has 1 aromatic carbocycles. The molecule has 1 aromatic heterocycles. The van der Waals surface area contributed by atoms with Crippen LogP contribution in [0.5, 0.6) is 0 Å². The summed E-state index contributed by atoms with van der Waals surface area (Å²) in [5.74, 6) is 0.485. The van der Waals surface area contributed by atoms with Gasteiger partial charge in [0.1, 0.15) is 0 Å². The van der Waals surface area contributed by atoms with Crippen LogP contribution in [0.25, 0.3) is 11.0 Å². The Morgan fingerprint density at radius 2 is 2.43 bits per heavy atom. The predicted molar refractivity (Wildman–Crippen MR) is 88.3 cm³/mol. The Labute approximate surface area is 132 Å². The van der Waals surface area contributed by atoms with Crippen molar-refractivity contribution in [1.82, 2.24) is 9.55 Å². The minimum Gasteiger partial charge on any atom is -0.481 e. The zero-order valence-electron chi connectivity index (χ0n) is 11.9. The second-order valence-electron chi connectivity index (χ2n) is 5.31. The summed E-state index contributed by atoms with van der Waals surface area (Å²) in [5.41, 5.74) is 3.25. The second-order valence-corrected chi connectivity index (χ2v) is 7.67. The minimum atomic E-state index is -0.801. The van der Waals surface area contributed by atoms with E-state index in [1.54, 1.807) is 0 Å². The number of nitrogens with zero attached hydrogens (tertiary/aromatic N) is 2. The maximum Gasteiger partial charge on any atom is 0.313 e. The van der Waals surface area contributed by atoms with Gasteiger partial charge in [-0.25, -0.2) is 4.98 Å². The number of carboxylic acids is 1. The van der Waals surface area contributed by atoms with Crippen molar-refractivity contribution in [3.05, 3.63) is 23.8 Å². The van der Waals surface area contributed by atoms with E-state index >= 15 is 0 Å². The molecule has 21 heavy (non-hydrogen) atoms. The molecule has 0 bridgehead atoms. The summed E-state index contributed by atoms with van der Waals surface area (Å²) in [6, 6.07) is 6.26. The summed E-state index contributed by atoms with van der Waals surface area (Å²) in [7, 11) is 0. The van der Waals surface area contributed by atoms with E-state index in [-0.39, 0.29) is 5.75 Å².